The zero-order valence-electron chi connectivity index (χ0n) is 14.2. The molecule has 0 aromatic heterocycles. The minimum Gasteiger partial charge on any atom is -0.492 e. The summed E-state index contributed by atoms with van der Waals surface area (Å²) in [5.74, 6) is 1.72. The van der Waals surface area contributed by atoms with Crippen molar-refractivity contribution in [2.45, 2.75) is 19.4 Å². The number of carbonyl (C=O) groups is 1. The quantitative estimate of drug-likeness (QED) is 0.581. The van der Waals surface area contributed by atoms with Crippen LogP contribution in [0.25, 0.3) is 0 Å². The van der Waals surface area contributed by atoms with Crippen LogP contribution in [0, 0.1) is 5.92 Å². The van der Waals surface area contributed by atoms with E-state index in [4.69, 9.17) is 19.2 Å². The molecule has 1 aliphatic heterocycles. The van der Waals surface area contributed by atoms with Crippen molar-refractivity contribution in [3.8, 4) is 17.2 Å². The molecule has 134 valence electrons. The van der Waals surface area contributed by atoms with Crippen molar-refractivity contribution in [1.82, 2.24) is 0 Å². The first-order chi connectivity index (χ1) is 12.6. The number of hydrogen-bond donors (Lipinski definition) is 2. The van der Waals surface area contributed by atoms with Crippen molar-refractivity contribution < 1.29 is 29.1 Å². The number of Topliss-reactive ketones (excluding diaryl/α,β-unsaturated/α-hetero) is 1. The van der Waals surface area contributed by atoms with E-state index in [-0.39, 0.29) is 5.78 Å². The van der Waals surface area contributed by atoms with Crippen molar-refractivity contribution in [3.05, 3.63) is 47.5 Å². The molecule has 2 aliphatic rings. The van der Waals surface area contributed by atoms with E-state index in [1.54, 1.807) is 30.3 Å². The molecule has 0 atom stereocenters. The van der Waals surface area contributed by atoms with Gasteiger partial charge in [0.05, 0.1) is 18.8 Å². The third-order valence-electron chi connectivity index (χ3n) is 4.58. The summed E-state index contributed by atoms with van der Waals surface area (Å²) in [6.07, 6.45) is 2.28. The van der Waals surface area contributed by atoms with Gasteiger partial charge in [-0.2, -0.15) is 0 Å². The molecular formula is C19H19BO6. The fraction of sp³-hybridized carbons (Fsp3) is 0.316. The maximum Gasteiger partial charge on any atom is 0.491 e. The molecule has 0 unspecified atom stereocenters. The van der Waals surface area contributed by atoms with Gasteiger partial charge >= 0.3 is 7.12 Å². The van der Waals surface area contributed by atoms with E-state index in [1.165, 1.54) is 0 Å². The average molecular weight is 354 g/mol. The van der Waals surface area contributed by atoms with Crippen molar-refractivity contribution in [3.63, 3.8) is 0 Å². The molecule has 7 heteroatoms. The van der Waals surface area contributed by atoms with Gasteiger partial charge in [-0.25, -0.2) is 0 Å². The van der Waals surface area contributed by atoms with E-state index >= 15 is 0 Å². The van der Waals surface area contributed by atoms with Gasteiger partial charge in [0, 0.05) is 6.07 Å². The second-order valence-electron chi connectivity index (χ2n) is 6.62. The Hall–Kier alpha value is -2.35. The number of rotatable bonds is 7. The Balaban J connectivity index is 1.56. The van der Waals surface area contributed by atoms with Crippen molar-refractivity contribution in [2.24, 2.45) is 5.92 Å². The summed E-state index contributed by atoms with van der Waals surface area (Å²) < 4.78 is 16.8. The molecule has 1 heterocycles. The number of aliphatic hydroxyl groups excluding tert-OH is 1. The van der Waals surface area contributed by atoms with Crippen LogP contribution in [0.15, 0.2) is 36.4 Å². The van der Waals surface area contributed by atoms with Crippen LogP contribution in [0.3, 0.4) is 0 Å². The molecule has 4 rings (SSSR count). The molecule has 0 spiro atoms. The Kier molecular flexibility index (Phi) is 4.67. The molecular weight excluding hydrogens is 335 g/mol. The highest BCUT2D eigenvalue weighted by atomic mass is 16.5. The van der Waals surface area contributed by atoms with Gasteiger partial charge in [0.25, 0.3) is 0 Å². The van der Waals surface area contributed by atoms with Crippen LogP contribution >= 0.6 is 0 Å². The first kappa shape index (κ1) is 17.1. The lowest BCUT2D eigenvalue weighted by molar-refractivity contribution is 0.0899. The zero-order valence-corrected chi connectivity index (χ0v) is 14.2. The fourth-order valence-electron chi connectivity index (χ4n) is 2.90. The summed E-state index contributed by atoms with van der Waals surface area (Å²) in [5, 5.41) is 18.8. The smallest absolute Gasteiger partial charge is 0.491 e. The highest BCUT2D eigenvalue weighted by Gasteiger charge is 2.27. The van der Waals surface area contributed by atoms with Gasteiger partial charge in [0.1, 0.15) is 23.9 Å². The number of fused-ring (bicyclic) bond motifs is 1. The second kappa shape index (κ2) is 7.11. The highest BCUT2D eigenvalue weighted by Crippen LogP contribution is 2.33. The molecule has 1 aliphatic carbocycles. The Morgan fingerprint density at radius 1 is 1.19 bits per heavy atom. The summed E-state index contributed by atoms with van der Waals surface area (Å²) in [5.41, 5.74) is 1.98. The van der Waals surface area contributed by atoms with Gasteiger partial charge < -0.3 is 24.3 Å². The third kappa shape index (κ3) is 3.60. The fourth-order valence-corrected chi connectivity index (χ4v) is 2.90. The average Bonchev–Trinajstić information content (AvgIpc) is 3.42. The zero-order chi connectivity index (χ0) is 18.1. The number of hydrogen-bond acceptors (Lipinski definition) is 6. The molecule has 2 aromatic rings. The molecule has 2 aromatic carbocycles. The lowest BCUT2D eigenvalue weighted by Crippen LogP contribution is -2.27. The lowest BCUT2D eigenvalue weighted by Gasteiger charge is -2.13. The van der Waals surface area contributed by atoms with Crippen LogP contribution in [0.4, 0.5) is 0 Å². The summed E-state index contributed by atoms with van der Waals surface area (Å²) in [6, 6.07) is 10.3. The Bertz CT molecular complexity index is 833. The summed E-state index contributed by atoms with van der Waals surface area (Å²) in [6.45, 7) is 0.337. The van der Waals surface area contributed by atoms with Gasteiger partial charge in [-0.15, -0.1) is 0 Å². The first-order valence-electron chi connectivity index (χ1n) is 8.65. The van der Waals surface area contributed by atoms with Crippen molar-refractivity contribution >= 4 is 18.4 Å². The Morgan fingerprint density at radius 3 is 2.73 bits per heavy atom. The van der Waals surface area contributed by atoms with Crippen LogP contribution in [0.2, 0.25) is 0 Å². The lowest BCUT2D eigenvalue weighted by atomic mass is 9.80. The summed E-state index contributed by atoms with van der Waals surface area (Å²) in [4.78, 5) is 11.9. The van der Waals surface area contributed by atoms with Crippen molar-refractivity contribution in [1.29, 1.82) is 0 Å². The minimum atomic E-state index is -0.884. The number of ketones is 1. The molecule has 0 radical (unpaired) electrons. The first-order valence-corrected chi connectivity index (χ1v) is 8.65. The van der Waals surface area contributed by atoms with Gasteiger partial charge in [-0.05, 0) is 54.1 Å². The number of benzene rings is 2. The number of carbonyl (C=O) groups excluding carboxylic acids is 1. The molecule has 1 fully saturated rings. The highest BCUT2D eigenvalue weighted by molar-refractivity contribution is 6.61. The molecule has 0 amide bonds. The van der Waals surface area contributed by atoms with Crippen LogP contribution in [0.5, 0.6) is 17.2 Å². The third-order valence-corrected chi connectivity index (χ3v) is 4.58. The standard InChI is InChI=1S/C19H19BO6/c21-9-18(22)16-5-3-15(8-19(16)24-10-12-1-2-12)26-14-4-6-17-13(7-14)11-25-20(17)23/h3-8,12,21,23H,1-2,9-11H2. The number of ether oxygens (including phenoxy) is 2. The SMILES string of the molecule is O=C(CO)c1ccc(Oc2ccc3c(c2)COB3O)cc1OCC1CC1. The topological polar surface area (TPSA) is 85.2 Å². The van der Waals surface area contributed by atoms with E-state index in [1.807, 2.05) is 6.07 Å². The normalized spacial score (nSPS) is 15.7. The molecule has 0 bridgehead atoms. The Morgan fingerprint density at radius 2 is 1.96 bits per heavy atom. The van der Waals surface area contributed by atoms with Crippen LogP contribution in [0.1, 0.15) is 28.8 Å². The van der Waals surface area contributed by atoms with Crippen LogP contribution in [-0.4, -0.2) is 36.2 Å². The Labute approximate surface area is 151 Å². The largest absolute Gasteiger partial charge is 0.492 e. The van der Waals surface area contributed by atoms with Gasteiger partial charge in [-0.1, -0.05) is 6.07 Å². The monoisotopic (exact) mass is 354 g/mol. The summed E-state index contributed by atoms with van der Waals surface area (Å²) in [7, 11) is -0.884. The predicted octanol–water partition coefficient (Wildman–Crippen LogP) is 1.66. The molecule has 26 heavy (non-hydrogen) atoms. The van der Waals surface area contributed by atoms with E-state index in [9.17, 15) is 9.82 Å². The summed E-state index contributed by atoms with van der Waals surface area (Å²) >= 11 is 0. The maximum atomic E-state index is 11.9. The van der Waals surface area contributed by atoms with E-state index in [0.29, 0.717) is 41.9 Å². The van der Waals surface area contributed by atoms with Crippen LogP contribution in [-0.2, 0) is 11.3 Å². The molecule has 2 N–H and O–H groups in total. The predicted molar refractivity (Wildman–Crippen MR) is 95.0 cm³/mol. The molecule has 0 saturated heterocycles. The second-order valence-corrected chi connectivity index (χ2v) is 6.62. The number of aliphatic hydroxyl groups is 1. The van der Waals surface area contributed by atoms with E-state index in [2.05, 4.69) is 0 Å². The molecule has 6 nitrogen and oxygen atoms in total. The van der Waals surface area contributed by atoms with Gasteiger partial charge in [0.2, 0.25) is 0 Å². The van der Waals surface area contributed by atoms with Crippen LogP contribution < -0.4 is 14.9 Å². The van der Waals surface area contributed by atoms with E-state index in [0.717, 1.165) is 23.9 Å². The maximum absolute atomic E-state index is 11.9. The minimum absolute atomic E-state index is 0.341. The van der Waals surface area contributed by atoms with Crippen molar-refractivity contribution in [2.75, 3.05) is 13.2 Å². The van der Waals surface area contributed by atoms with Gasteiger partial charge in [0.15, 0.2) is 5.78 Å². The molecule has 1 saturated carbocycles. The van der Waals surface area contributed by atoms with E-state index < -0.39 is 13.7 Å². The van der Waals surface area contributed by atoms with Gasteiger partial charge in [-0.3, -0.25) is 4.79 Å².